The van der Waals surface area contributed by atoms with Gasteiger partial charge in [0.1, 0.15) is 5.82 Å². The molecule has 6 heteroatoms. The van der Waals surface area contributed by atoms with Crippen LogP contribution in [0, 0.1) is 5.41 Å². The Morgan fingerprint density at radius 1 is 1.00 bits per heavy atom. The second-order valence-electron chi connectivity index (χ2n) is 8.59. The van der Waals surface area contributed by atoms with Gasteiger partial charge in [-0.05, 0) is 42.5 Å². The summed E-state index contributed by atoms with van der Waals surface area (Å²) in [6.07, 6.45) is 3.19. The molecule has 3 aromatic rings. The summed E-state index contributed by atoms with van der Waals surface area (Å²) in [6, 6.07) is 11.3. The van der Waals surface area contributed by atoms with E-state index >= 15 is 0 Å². The maximum atomic E-state index is 13.7. The number of halogens is 1. The molecule has 142 valence electrons. The molecule has 0 radical (unpaired) electrons. The van der Waals surface area contributed by atoms with Crippen LogP contribution in [0.4, 0.5) is 5.82 Å². The smallest absolute Gasteiger partial charge is 0.238 e. The minimum absolute atomic E-state index is 0.0700. The van der Waals surface area contributed by atoms with E-state index in [0.717, 1.165) is 35.3 Å². The number of hydrogen-bond acceptors (Lipinski definition) is 4. The van der Waals surface area contributed by atoms with Crippen molar-refractivity contribution in [3.63, 3.8) is 0 Å². The second-order valence-corrected chi connectivity index (χ2v) is 9.02. The SMILES string of the molecule is CC1(C)[C@@]2(C)CC[C@]1(C(=O)Nc1ccc(Cl)cn1)c1nc3ccccc3nc12. The monoisotopic (exact) mass is 392 g/mol. The zero-order valence-corrected chi connectivity index (χ0v) is 16.8. The summed E-state index contributed by atoms with van der Waals surface area (Å²) in [7, 11) is 0. The first kappa shape index (κ1) is 17.6. The molecule has 2 atom stereocenters. The molecule has 2 aliphatic carbocycles. The van der Waals surface area contributed by atoms with Crippen LogP contribution in [-0.2, 0) is 15.6 Å². The highest BCUT2D eigenvalue weighted by Gasteiger charge is 2.73. The van der Waals surface area contributed by atoms with Gasteiger partial charge in [0, 0.05) is 11.6 Å². The van der Waals surface area contributed by atoms with Crippen molar-refractivity contribution in [2.45, 2.75) is 44.4 Å². The van der Waals surface area contributed by atoms with Crippen LogP contribution in [0.15, 0.2) is 42.6 Å². The van der Waals surface area contributed by atoms with E-state index in [1.54, 1.807) is 12.1 Å². The lowest BCUT2D eigenvalue weighted by Crippen LogP contribution is -2.48. The molecular formula is C22H21ClN4O. The predicted molar refractivity (Wildman–Crippen MR) is 109 cm³/mol. The first-order valence-electron chi connectivity index (χ1n) is 9.50. The van der Waals surface area contributed by atoms with Crippen LogP contribution in [0.25, 0.3) is 11.0 Å². The molecule has 2 heterocycles. The molecule has 2 aromatic heterocycles. The Labute approximate surface area is 168 Å². The molecule has 0 aliphatic heterocycles. The molecule has 5 rings (SSSR count). The van der Waals surface area contributed by atoms with Gasteiger partial charge in [-0.2, -0.15) is 0 Å². The highest BCUT2D eigenvalue weighted by Crippen LogP contribution is 2.70. The molecular weight excluding hydrogens is 372 g/mol. The summed E-state index contributed by atoms with van der Waals surface area (Å²) in [5.41, 5.74) is 2.21. The molecule has 1 aromatic carbocycles. The Morgan fingerprint density at radius 2 is 1.68 bits per heavy atom. The van der Waals surface area contributed by atoms with Crippen LogP contribution in [0.2, 0.25) is 5.02 Å². The summed E-state index contributed by atoms with van der Waals surface area (Å²) in [4.78, 5) is 27.9. The topological polar surface area (TPSA) is 67.8 Å². The summed E-state index contributed by atoms with van der Waals surface area (Å²) in [5, 5.41) is 3.55. The lowest BCUT2D eigenvalue weighted by atomic mass is 9.63. The van der Waals surface area contributed by atoms with Crippen molar-refractivity contribution in [3.8, 4) is 0 Å². The van der Waals surface area contributed by atoms with Crippen LogP contribution in [0.1, 0.15) is 45.0 Å². The first-order valence-corrected chi connectivity index (χ1v) is 9.88. The van der Waals surface area contributed by atoms with E-state index in [1.807, 2.05) is 24.3 Å². The van der Waals surface area contributed by atoms with E-state index in [1.165, 1.54) is 6.20 Å². The van der Waals surface area contributed by atoms with Crippen molar-refractivity contribution >= 4 is 34.4 Å². The molecule has 28 heavy (non-hydrogen) atoms. The van der Waals surface area contributed by atoms with Gasteiger partial charge in [-0.25, -0.2) is 15.0 Å². The van der Waals surface area contributed by atoms with E-state index in [4.69, 9.17) is 21.6 Å². The minimum Gasteiger partial charge on any atom is -0.310 e. The zero-order chi connectivity index (χ0) is 19.7. The van der Waals surface area contributed by atoms with Gasteiger partial charge >= 0.3 is 0 Å². The van der Waals surface area contributed by atoms with Crippen molar-refractivity contribution in [1.29, 1.82) is 0 Å². The van der Waals surface area contributed by atoms with E-state index in [-0.39, 0.29) is 16.7 Å². The maximum Gasteiger partial charge on any atom is 0.238 e. The molecule has 1 amide bonds. The molecule has 5 nitrogen and oxygen atoms in total. The van der Waals surface area contributed by atoms with Gasteiger partial charge in [0.25, 0.3) is 0 Å². The first-order chi connectivity index (χ1) is 13.3. The molecule has 1 fully saturated rings. The molecule has 0 saturated heterocycles. The number of benzene rings is 1. The Kier molecular flexibility index (Phi) is 3.45. The Balaban J connectivity index is 1.69. The van der Waals surface area contributed by atoms with Crippen LogP contribution in [-0.4, -0.2) is 20.9 Å². The average Bonchev–Trinajstić information content (AvgIpc) is 2.98. The average molecular weight is 393 g/mol. The van der Waals surface area contributed by atoms with Gasteiger partial charge in [-0.1, -0.05) is 44.5 Å². The summed E-state index contributed by atoms with van der Waals surface area (Å²) < 4.78 is 0. The van der Waals surface area contributed by atoms with Gasteiger partial charge in [-0.15, -0.1) is 0 Å². The highest BCUT2D eigenvalue weighted by molar-refractivity contribution is 6.30. The standard InChI is InChI=1S/C22H21ClN4O/c1-20(2)21(3)10-11-22(20,19(28)27-16-9-8-13(23)12-24-16)18-17(21)25-14-6-4-5-7-15(14)26-18/h4-9,12H,10-11H2,1-3H3,(H,24,27,28)/t21-,22+/m0/s1. The van der Waals surface area contributed by atoms with Crippen molar-refractivity contribution in [1.82, 2.24) is 15.0 Å². The molecule has 2 aliphatic rings. The fraction of sp³-hybridized carbons (Fsp3) is 0.364. The van der Waals surface area contributed by atoms with Crippen LogP contribution >= 0.6 is 11.6 Å². The number of carbonyl (C=O) groups excluding carboxylic acids is 1. The van der Waals surface area contributed by atoms with Crippen molar-refractivity contribution in [2.75, 3.05) is 5.32 Å². The third-order valence-electron chi connectivity index (χ3n) is 7.30. The summed E-state index contributed by atoms with van der Waals surface area (Å²) >= 11 is 5.93. The number of rotatable bonds is 2. The van der Waals surface area contributed by atoms with Gasteiger partial charge < -0.3 is 5.32 Å². The molecule has 0 unspecified atom stereocenters. The highest BCUT2D eigenvalue weighted by atomic mass is 35.5. The van der Waals surface area contributed by atoms with E-state index < -0.39 is 5.41 Å². The number of nitrogens with zero attached hydrogens (tertiary/aromatic N) is 3. The second kappa shape index (κ2) is 5.51. The number of aromatic nitrogens is 3. The van der Waals surface area contributed by atoms with Gasteiger partial charge in [0.15, 0.2) is 0 Å². The van der Waals surface area contributed by atoms with Crippen molar-refractivity contribution in [3.05, 3.63) is 59.0 Å². The number of carbonyl (C=O) groups is 1. The lowest BCUT2D eigenvalue weighted by Gasteiger charge is -2.39. The summed E-state index contributed by atoms with van der Waals surface area (Å²) in [6.45, 7) is 6.56. The number of pyridine rings is 1. The fourth-order valence-corrected chi connectivity index (χ4v) is 5.33. The minimum atomic E-state index is -0.741. The van der Waals surface area contributed by atoms with Crippen molar-refractivity contribution in [2.24, 2.45) is 5.41 Å². The number of fused-ring (bicyclic) bond motifs is 6. The number of para-hydroxylation sites is 2. The number of hydrogen-bond donors (Lipinski definition) is 1. The maximum absolute atomic E-state index is 13.7. The van der Waals surface area contributed by atoms with E-state index in [9.17, 15) is 4.79 Å². The lowest BCUT2D eigenvalue weighted by molar-refractivity contribution is -0.125. The van der Waals surface area contributed by atoms with Gasteiger partial charge in [0.2, 0.25) is 5.91 Å². The number of amides is 1. The predicted octanol–water partition coefficient (Wildman–Crippen LogP) is 4.65. The normalized spacial score (nSPS) is 27.0. The molecule has 1 saturated carbocycles. The number of nitrogens with one attached hydrogen (secondary N) is 1. The van der Waals surface area contributed by atoms with Gasteiger partial charge in [0.05, 0.1) is 32.9 Å². The third kappa shape index (κ3) is 1.97. The van der Waals surface area contributed by atoms with Crippen molar-refractivity contribution < 1.29 is 4.79 Å². The molecule has 1 N–H and O–H groups in total. The summed E-state index contributed by atoms with van der Waals surface area (Å²) in [5.74, 6) is 0.426. The Hall–Kier alpha value is -2.53. The zero-order valence-electron chi connectivity index (χ0n) is 16.1. The van der Waals surface area contributed by atoms with Crippen LogP contribution in [0.5, 0.6) is 0 Å². The van der Waals surface area contributed by atoms with E-state index in [2.05, 4.69) is 31.1 Å². The van der Waals surface area contributed by atoms with Crippen LogP contribution < -0.4 is 5.32 Å². The fourth-order valence-electron chi connectivity index (χ4n) is 5.22. The number of anilines is 1. The largest absolute Gasteiger partial charge is 0.310 e. The Morgan fingerprint density at radius 3 is 2.32 bits per heavy atom. The molecule has 0 spiro atoms. The van der Waals surface area contributed by atoms with E-state index in [0.29, 0.717) is 10.8 Å². The van der Waals surface area contributed by atoms with Gasteiger partial charge in [-0.3, -0.25) is 4.79 Å². The quantitative estimate of drug-likeness (QED) is 0.689. The molecule has 2 bridgehead atoms. The Bertz CT molecular complexity index is 1130. The third-order valence-corrected chi connectivity index (χ3v) is 7.52. The van der Waals surface area contributed by atoms with Crippen LogP contribution in [0.3, 0.4) is 0 Å².